The molecule has 11 heavy (non-hydrogen) atoms. The van der Waals surface area contributed by atoms with E-state index in [-0.39, 0.29) is 0 Å². The van der Waals surface area contributed by atoms with Crippen LogP contribution in [0.15, 0.2) is 0 Å². The molecule has 2 N–H and O–H groups in total. The normalized spacial score (nSPS) is 21.5. The van der Waals surface area contributed by atoms with Gasteiger partial charge in [0.05, 0.1) is 6.61 Å². The summed E-state index contributed by atoms with van der Waals surface area (Å²) >= 11 is 0. The lowest BCUT2D eigenvalue weighted by molar-refractivity contribution is 0.120. The average molecular weight is 157 g/mol. The Bertz CT molecular complexity index is 87.6. The van der Waals surface area contributed by atoms with Crippen molar-refractivity contribution in [3.8, 4) is 0 Å². The van der Waals surface area contributed by atoms with Crippen molar-refractivity contribution in [3.63, 3.8) is 0 Å². The quantitative estimate of drug-likeness (QED) is 0.503. The summed E-state index contributed by atoms with van der Waals surface area (Å²) in [5.41, 5.74) is 0. The zero-order valence-electron chi connectivity index (χ0n) is 7.22. The molecule has 1 rings (SSSR count). The van der Waals surface area contributed by atoms with Gasteiger partial charge in [-0.05, 0) is 12.3 Å². The van der Waals surface area contributed by atoms with E-state index in [1.54, 1.807) is 0 Å². The van der Waals surface area contributed by atoms with Crippen LogP contribution in [0.5, 0.6) is 0 Å². The first-order valence-corrected chi connectivity index (χ1v) is 4.75. The zero-order chi connectivity index (χ0) is 7.94. The van der Waals surface area contributed by atoms with Crippen molar-refractivity contribution in [1.29, 1.82) is 0 Å². The van der Waals surface area contributed by atoms with E-state index in [0.717, 1.165) is 18.9 Å². The molecule has 0 aromatic heterocycles. The van der Waals surface area contributed by atoms with Crippen molar-refractivity contribution >= 4 is 0 Å². The summed E-state index contributed by atoms with van der Waals surface area (Å²) in [5.74, 6) is 5.87. The summed E-state index contributed by atoms with van der Waals surface area (Å²) < 4.78 is 0. The molecular formula is C9H19NO. The Morgan fingerprint density at radius 2 is 1.73 bits per heavy atom. The number of hydrogen-bond acceptors (Lipinski definition) is 2. The van der Waals surface area contributed by atoms with Crippen LogP contribution in [0, 0.1) is 5.92 Å². The second-order valence-electron chi connectivity index (χ2n) is 3.52. The molecule has 1 fully saturated rings. The summed E-state index contributed by atoms with van der Waals surface area (Å²) in [6.07, 6.45) is 9.63. The molecule has 0 heterocycles. The van der Waals surface area contributed by atoms with Crippen LogP contribution in [-0.2, 0) is 4.84 Å². The molecule has 2 heteroatoms. The van der Waals surface area contributed by atoms with Crippen molar-refractivity contribution in [2.45, 2.75) is 44.9 Å². The maximum Gasteiger partial charge on any atom is 0.0681 e. The molecule has 0 unspecified atom stereocenters. The Morgan fingerprint density at radius 1 is 1.09 bits per heavy atom. The molecule has 66 valence electrons. The Labute approximate surface area is 69.1 Å². The second-order valence-corrected chi connectivity index (χ2v) is 3.52. The molecule has 1 aliphatic rings. The molecule has 0 amide bonds. The molecule has 2 nitrogen and oxygen atoms in total. The molecule has 0 aromatic carbocycles. The lowest BCUT2D eigenvalue weighted by Crippen LogP contribution is -2.07. The van der Waals surface area contributed by atoms with E-state index in [9.17, 15) is 0 Å². The number of hydrogen-bond donors (Lipinski definition) is 1. The second kappa shape index (κ2) is 5.56. The Balaban J connectivity index is 2.09. The Hall–Kier alpha value is -0.0800. The van der Waals surface area contributed by atoms with Gasteiger partial charge in [0, 0.05) is 0 Å². The highest BCUT2D eigenvalue weighted by molar-refractivity contribution is 4.63. The van der Waals surface area contributed by atoms with Crippen LogP contribution in [0.4, 0.5) is 0 Å². The van der Waals surface area contributed by atoms with Gasteiger partial charge in [-0.2, -0.15) is 0 Å². The van der Waals surface area contributed by atoms with Gasteiger partial charge >= 0.3 is 0 Å². The first kappa shape index (κ1) is 9.01. The standard InChI is InChI=1S/C9H19NO/c10-11-8-7-9-5-3-1-2-4-6-9/h9H,1-8,10H2. The molecule has 0 atom stereocenters. The molecule has 0 aromatic rings. The van der Waals surface area contributed by atoms with Crippen molar-refractivity contribution in [3.05, 3.63) is 0 Å². The van der Waals surface area contributed by atoms with Gasteiger partial charge in [0.25, 0.3) is 0 Å². The summed E-state index contributed by atoms with van der Waals surface area (Å²) in [7, 11) is 0. The Kier molecular flexibility index (Phi) is 4.55. The Morgan fingerprint density at radius 3 is 2.27 bits per heavy atom. The van der Waals surface area contributed by atoms with Gasteiger partial charge in [0.15, 0.2) is 0 Å². The first-order chi connectivity index (χ1) is 5.43. The highest BCUT2D eigenvalue weighted by Crippen LogP contribution is 2.24. The minimum absolute atomic E-state index is 0.741. The van der Waals surface area contributed by atoms with Crippen LogP contribution in [0.25, 0.3) is 0 Å². The minimum atomic E-state index is 0.741. The van der Waals surface area contributed by atoms with Gasteiger partial charge in [-0.3, -0.25) is 0 Å². The fourth-order valence-electron chi connectivity index (χ4n) is 1.89. The maximum absolute atomic E-state index is 4.98. The monoisotopic (exact) mass is 157 g/mol. The summed E-state index contributed by atoms with van der Waals surface area (Å²) in [6, 6.07) is 0. The van der Waals surface area contributed by atoms with Crippen molar-refractivity contribution in [2.24, 2.45) is 11.8 Å². The first-order valence-electron chi connectivity index (χ1n) is 4.75. The van der Waals surface area contributed by atoms with Crippen LogP contribution in [0.1, 0.15) is 44.9 Å². The lowest BCUT2D eigenvalue weighted by atomic mass is 9.97. The van der Waals surface area contributed by atoms with Gasteiger partial charge in [-0.1, -0.05) is 38.5 Å². The van der Waals surface area contributed by atoms with E-state index in [1.165, 1.54) is 38.5 Å². The highest BCUT2D eigenvalue weighted by Gasteiger charge is 2.11. The molecule has 0 spiro atoms. The largest absolute Gasteiger partial charge is 0.305 e. The van der Waals surface area contributed by atoms with Crippen LogP contribution < -0.4 is 5.90 Å². The van der Waals surface area contributed by atoms with Crippen LogP contribution in [0.3, 0.4) is 0 Å². The maximum atomic E-state index is 4.98. The van der Waals surface area contributed by atoms with Gasteiger partial charge < -0.3 is 4.84 Å². The minimum Gasteiger partial charge on any atom is -0.305 e. The van der Waals surface area contributed by atoms with E-state index in [0.29, 0.717) is 0 Å². The third-order valence-corrected chi connectivity index (χ3v) is 2.62. The zero-order valence-corrected chi connectivity index (χ0v) is 7.22. The highest BCUT2D eigenvalue weighted by atomic mass is 16.6. The van der Waals surface area contributed by atoms with Crippen molar-refractivity contribution < 1.29 is 4.84 Å². The van der Waals surface area contributed by atoms with Crippen molar-refractivity contribution in [2.75, 3.05) is 6.61 Å². The molecular weight excluding hydrogens is 138 g/mol. The predicted octanol–water partition coefficient (Wildman–Crippen LogP) is 2.24. The summed E-state index contributed by atoms with van der Waals surface area (Å²) in [5, 5.41) is 0. The summed E-state index contributed by atoms with van der Waals surface area (Å²) in [6.45, 7) is 0.741. The van der Waals surface area contributed by atoms with E-state index < -0.39 is 0 Å². The van der Waals surface area contributed by atoms with E-state index in [1.807, 2.05) is 0 Å². The molecule has 0 bridgehead atoms. The lowest BCUT2D eigenvalue weighted by Gasteiger charge is -2.11. The number of rotatable bonds is 3. The van der Waals surface area contributed by atoms with Gasteiger partial charge in [-0.25, -0.2) is 5.90 Å². The van der Waals surface area contributed by atoms with E-state index in [4.69, 9.17) is 5.90 Å². The van der Waals surface area contributed by atoms with Gasteiger partial charge in [0.2, 0.25) is 0 Å². The molecule has 1 aliphatic carbocycles. The van der Waals surface area contributed by atoms with Gasteiger partial charge in [-0.15, -0.1) is 0 Å². The van der Waals surface area contributed by atoms with Crippen molar-refractivity contribution in [1.82, 2.24) is 0 Å². The third-order valence-electron chi connectivity index (χ3n) is 2.62. The SMILES string of the molecule is NOCCC1CCCCCC1. The smallest absolute Gasteiger partial charge is 0.0681 e. The fraction of sp³-hybridized carbons (Fsp3) is 1.00. The third kappa shape index (κ3) is 3.73. The van der Waals surface area contributed by atoms with E-state index >= 15 is 0 Å². The van der Waals surface area contributed by atoms with Crippen LogP contribution >= 0.6 is 0 Å². The topological polar surface area (TPSA) is 35.2 Å². The van der Waals surface area contributed by atoms with E-state index in [2.05, 4.69) is 4.84 Å². The predicted molar refractivity (Wildman–Crippen MR) is 45.9 cm³/mol. The van der Waals surface area contributed by atoms with Gasteiger partial charge in [0.1, 0.15) is 0 Å². The number of nitrogens with two attached hydrogens (primary N) is 1. The molecule has 0 radical (unpaired) electrons. The molecule has 1 saturated carbocycles. The summed E-state index contributed by atoms with van der Waals surface area (Å²) in [4.78, 5) is 4.59. The van der Waals surface area contributed by atoms with Crippen LogP contribution in [-0.4, -0.2) is 6.61 Å². The fourth-order valence-corrected chi connectivity index (χ4v) is 1.89. The van der Waals surface area contributed by atoms with Crippen LogP contribution in [0.2, 0.25) is 0 Å². The average Bonchev–Trinajstić information content (AvgIpc) is 2.28. The molecule has 0 saturated heterocycles. The molecule has 0 aliphatic heterocycles.